The number of halogens is 2. The van der Waals surface area contributed by atoms with Gasteiger partial charge in [0.05, 0.1) is 5.02 Å². The third-order valence-electron chi connectivity index (χ3n) is 4.48. The van der Waals surface area contributed by atoms with Gasteiger partial charge in [-0.05, 0) is 51.8 Å². The van der Waals surface area contributed by atoms with Gasteiger partial charge in [0.1, 0.15) is 11.4 Å². The molecular formula is C21H29Cl2N3O5. The highest BCUT2D eigenvalue weighted by molar-refractivity contribution is 6.35. The van der Waals surface area contributed by atoms with Crippen molar-refractivity contribution in [2.75, 3.05) is 26.2 Å². The van der Waals surface area contributed by atoms with Crippen molar-refractivity contribution in [3.8, 4) is 5.75 Å². The molecule has 0 unspecified atom stereocenters. The van der Waals surface area contributed by atoms with E-state index >= 15 is 0 Å². The minimum Gasteiger partial charge on any atom is -0.482 e. The maximum atomic E-state index is 12.4. The van der Waals surface area contributed by atoms with Gasteiger partial charge in [-0.3, -0.25) is 9.59 Å². The molecule has 0 aliphatic carbocycles. The molecule has 1 fully saturated rings. The number of benzene rings is 1. The lowest BCUT2D eigenvalue weighted by atomic mass is 10.0. The van der Waals surface area contributed by atoms with Crippen LogP contribution in [0.5, 0.6) is 5.75 Å². The largest absolute Gasteiger partial charge is 0.482 e. The minimum atomic E-state index is -0.579. The summed E-state index contributed by atoms with van der Waals surface area (Å²) in [5.41, 5.74) is -0.579. The third-order valence-corrected chi connectivity index (χ3v) is 5.01. The molecule has 2 rings (SSSR count). The lowest BCUT2D eigenvalue weighted by Crippen LogP contribution is -2.48. The highest BCUT2D eigenvalue weighted by Gasteiger charge is 2.24. The van der Waals surface area contributed by atoms with E-state index in [0.29, 0.717) is 41.7 Å². The third kappa shape index (κ3) is 9.23. The van der Waals surface area contributed by atoms with Gasteiger partial charge in [-0.2, -0.15) is 0 Å². The van der Waals surface area contributed by atoms with Gasteiger partial charge in [-0.1, -0.05) is 23.2 Å². The lowest BCUT2D eigenvalue weighted by Gasteiger charge is -2.32. The summed E-state index contributed by atoms with van der Waals surface area (Å²) >= 11 is 11.9. The molecule has 1 aliphatic rings. The fourth-order valence-electron chi connectivity index (χ4n) is 2.99. The van der Waals surface area contributed by atoms with Gasteiger partial charge in [-0.15, -0.1) is 0 Å². The number of carbonyl (C=O) groups excluding carboxylic acids is 3. The molecule has 1 aromatic carbocycles. The van der Waals surface area contributed by atoms with Gasteiger partial charge in [-0.25, -0.2) is 4.79 Å². The smallest absolute Gasteiger partial charge is 0.407 e. The van der Waals surface area contributed by atoms with Crippen molar-refractivity contribution in [1.82, 2.24) is 15.5 Å². The Labute approximate surface area is 192 Å². The first kappa shape index (κ1) is 25.1. The number of likely N-dealkylation sites (tertiary alicyclic amines) is 1. The van der Waals surface area contributed by atoms with Crippen LogP contribution < -0.4 is 15.4 Å². The van der Waals surface area contributed by atoms with Crippen LogP contribution in [0.3, 0.4) is 0 Å². The Morgan fingerprint density at radius 1 is 1.16 bits per heavy atom. The quantitative estimate of drug-likeness (QED) is 0.632. The number of hydrogen-bond donors (Lipinski definition) is 2. The molecule has 0 radical (unpaired) electrons. The summed E-state index contributed by atoms with van der Waals surface area (Å²) in [4.78, 5) is 37.7. The number of nitrogens with one attached hydrogen (secondary N) is 2. The fourth-order valence-corrected chi connectivity index (χ4v) is 3.45. The van der Waals surface area contributed by atoms with Crippen molar-refractivity contribution < 1.29 is 23.9 Å². The first-order chi connectivity index (χ1) is 14.5. The van der Waals surface area contributed by atoms with Crippen molar-refractivity contribution in [3.63, 3.8) is 0 Å². The van der Waals surface area contributed by atoms with Gasteiger partial charge in [0.25, 0.3) is 5.91 Å². The van der Waals surface area contributed by atoms with Gasteiger partial charge in [0, 0.05) is 37.1 Å². The highest BCUT2D eigenvalue weighted by atomic mass is 35.5. The van der Waals surface area contributed by atoms with E-state index < -0.39 is 11.7 Å². The van der Waals surface area contributed by atoms with E-state index in [-0.39, 0.29) is 37.4 Å². The molecule has 31 heavy (non-hydrogen) atoms. The molecule has 8 nitrogen and oxygen atoms in total. The van der Waals surface area contributed by atoms with Crippen LogP contribution in [0, 0.1) is 0 Å². The van der Waals surface area contributed by atoms with E-state index in [1.807, 2.05) is 0 Å². The maximum Gasteiger partial charge on any atom is 0.407 e. The second-order valence-corrected chi connectivity index (χ2v) is 9.11. The van der Waals surface area contributed by atoms with Crippen molar-refractivity contribution >= 4 is 41.1 Å². The Morgan fingerprint density at radius 3 is 2.45 bits per heavy atom. The zero-order valence-corrected chi connectivity index (χ0v) is 19.5. The summed E-state index contributed by atoms with van der Waals surface area (Å²) in [5, 5.41) is 6.34. The van der Waals surface area contributed by atoms with Crippen LogP contribution in [0.4, 0.5) is 4.79 Å². The molecular weight excluding hydrogens is 445 g/mol. The minimum absolute atomic E-state index is 0.00953. The zero-order valence-electron chi connectivity index (χ0n) is 18.0. The Balaban J connectivity index is 1.64. The molecule has 1 saturated heterocycles. The van der Waals surface area contributed by atoms with Gasteiger partial charge in [0.15, 0.2) is 6.61 Å². The monoisotopic (exact) mass is 473 g/mol. The Bertz CT molecular complexity index is 790. The van der Waals surface area contributed by atoms with Crippen LogP contribution in [0.25, 0.3) is 0 Å². The topological polar surface area (TPSA) is 97.0 Å². The molecule has 1 heterocycles. The van der Waals surface area contributed by atoms with E-state index in [2.05, 4.69) is 10.6 Å². The number of hydrogen-bond acceptors (Lipinski definition) is 5. The maximum absolute atomic E-state index is 12.4. The lowest BCUT2D eigenvalue weighted by molar-refractivity contribution is -0.134. The number of carbonyl (C=O) groups is 3. The molecule has 0 bridgehead atoms. The molecule has 0 saturated carbocycles. The second-order valence-electron chi connectivity index (χ2n) is 8.26. The summed E-state index contributed by atoms with van der Waals surface area (Å²) < 4.78 is 10.6. The van der Waals surface area contributed by atoms with Crippen molar-refractivity contribution in [1.29, 1.82) is 0 Å². The van der Waals surface area contributed by atoms with Crippen LogP contribution in [-0.4, -0.2) is 60.7 Å². The van der Waals surface area contributed by atoms with E-state index in [1.165, 1.54) is 0 Å². The number of ether oxygens (including phenoxy) is 2. The van der Waals surface area contributed by atoms with Crippen molar-refractivity contribution in [2.45, 2.75) is 51.7 Å². The predicted molar refractivity (Wildman–Crippen MR) is 119 cm³/mol. The standard InChI is InChI=1S/C21H29Cl2N3O5/c1-21(2,3)31-20(29)24-9-6-18(27)25-15-7-10-26(11-8-15)19(28)13-30-17-5-4-14(22)12-16(17)23/h4-5,12,15H,6-11,13H2,1-3H3,(H,24,29)(H,25,27). The second kappa shape index (κ2) is 11.4. The van der Waals surface area contributed by atoms with Gasteiger partial charge < -0.3 is 25.0 Å². The van der Waals surface area contributed by atoms with Crippen LogP contribution in [-0.2, 0) is 14.3 Å². The zero-order chi connectivity index (χ0) is 23.0. The van der Waals surface area contributed by atoms with E-state index in [0.717, 1.165) is 0 Å². The van der Waals surface area contributed by atoms with E-state index in [9.17, 15) is 14.4 Å². The average Bonchev–Trinajstić information content (AvgIpc) is 2.66. The first-order valence-electron chi connectivity index (χ1n) is 10.2. The predicted octanol–water partition coefficient (Wildman–Crippen LogP) is 3.39. The molecule has 1 aromatic rings. The molecule has 0 atom stereocenters. The van der Waals surface area contributed by atoms with E-state index in [1.54, 1.807) is 43.9 Å². The van der Waals surface area contributed by atoms with Gasteiger partial charge >= 0.3 is 6.09 Å². The number of piperidine rings is 1. The summed E-state index contributed by atoms with van der Waals surface area (Å²) in [6.45, 7) is 6.45. The Morgan fingerprint density at radius 2 is 1.84 bits per heavy atom. The Kier molecular flexibility index (Phi) is 9.25. The van der Waals surface area contributed by atoms with Crippen molar-refractivity contribution in [2.24, 2.45) is 0 Å². The van der Waals surface area contributed by atoms with Crippen LogP contribution in [0.15, 0.2) is 18.2 Å². The molecule has 3 amide bonds. The van der Waals surface area contributed by atoms with E-state index in [4.69, 9.17) is 32.7 Å². The summed E-state index contributed by atoms with van der Waals surface area (Å²) in [7, 11) is 0. The molecule has 0 aromatic heterocycles. The summed E-state index contributed by atoms with van der Waals surface area (Å²) in [6.07, 6.45) is 0.917. The molecule has 0 spiro atoms. The summed E-state index contributed by atoms with van der Waals surface area (Å²) in [6, 6.07) is 4.81. The Hall–Kier alpha value is -2.19. The summed E-state index contributed by atoms with van der Waals surface area (Å²) in [5.74, 6) is 0.112. The number of alkyl carbamates (subject to hydrolysis) is 1. The molecule has 10 heteroatoms. The molecule has 172 valence electrons. The number of amides is 3. The molecule has 2 N–H and O–H groups in total. The number of nitrogens with zero attached hydrogens (tertiary/aromatic N) is 1. The normalized spacial score (nSPS) is 14.7. The first-order valence-corrected chi connectivity index (χ1v) is 10.9. The number of rotatable bonds is 7. The van der Waals surface area contributed by atoms with Crippen LogP contribution in [0.1, 0.15) is 40.0 Å². The van der Waals surface area contributed by atoms with Gasteiger partial charge in [0.2, 0.25) is 5.91 Å². The molecule has 1 aliphatic heterocycles. The van der Waals surface area contributed by atoms with Crippen LogP contribution in [0.2, 0.25) is 10.0 Å². The fraction of sp³-hybridized carbons (Fsp3) is 0.571. The van der Waals surface area contributed by atoms with Crippen molar-refractivity contribution in [3.05, 3.63) is 28.2 Å². The van der Waals surface area contributed by atoms with Crippen LogP contribution >= 0.6 is 23.2 Å². The SMILES string of the molecule is CC(C)(C)OC(=O)NCCC(=O)NC1CCN(C(=O)COc2ccc(Cl)cc2Cl)CC1. The highest BCUT2D eigenvalue weighted by Crippen LogP contribution is 2.27. The average molecular weight is 474 g/mol.